The van der Waals surface area contributed by atoms with Gasteiger partial charge in [0.2, 0.25) is 0 Å². The number of esters is 1. The van der Waals surface area contributed by atoms with Gasteiger partial charge < -0.3 is 14.9 Å². The monoisotopic (exact) mass is 283 g/mol. The van der Waals surface area contributed by atoms with Crippen molar-refractivity contribution in [3.05, 3.63) is 39.4 Å². The molecular weight excluding hydrogens is 266 g/mol. The molecule has 2 unspecified atom stereocenters. The Morgan fingerprint density at radius 1 is 1.45 bits per heavy atom. The van der Waals surface area contributed by atoms with E-state index in [1.165, 1.54) is 18.2 Å². The molecular formula is C13H17NO6. The van der Waals surface area contributed by atoms with Crippen molar-refractivity contribution in [2.45, 2.75) is 32.5 Å². The number of nitrogens with zero attached hydrogens (tertiary/aromatic N) is 1. The number of nitro groups is 1. The molecule has 0 aliphatic carbocycles. The molecule has 20 heavy (non-hydrogen) atoms. The van der Waals surface area contributed by atoms with Gasteiger partial charge in [0.05, 0.1) is 29.6 Å². The van der Waals surface area contributed by atoms with E-state index in [1.54, 1.807) is 13.8 Å². The molecule has 0 aliphatic heterocycles. The van der Waals surface area contributed by atoms with Crippen LogP contribution in [0.5, 0.6) is 0 Å². The number of carbonyl (C=O) groups excluding carboxylic acids is 1. The van der Waals surface area contributed by atoms with Gasteiger partial charge in [-0.3, -0.25) is 14.9 Å². The van der Waals surface area contributed by atoms with Gasteiger partial charge in [0, 0.05) is 6.07 Å². The second-order valence-electron chi connectivity index (χ2n) is 4.34. The Morgan fingerprint density at radius 3 is 2.65 bits per heavy atom. The lowest BCUT2D eigenvalue weighted by molar-refractivity contribution is -0.386. The van der Waals surface area contributed by atoms with Crippen LogP contribution < -0.4 is 0 Å². The summed E-state index contributed by atoms with van der Waals surface area (Å²) in [5, 5.41) is 30.7. The lowest BCUT2D eigenvalue weighted by Crippen LogP contribution is -2.23. The number of rotatable bonds is 6. The first kappa shape index (κ1) is 16.1. The number of hydrogen-bond acceptors (Lipinski definition) is 6. The average Bonchev–Trinajstić information content (AvgIpc) is 2.37. The normalized spacial score (nSPS) is 13.6. The molecule has 0 aromatic heterocycles. The summed E-state index contributed by atoms with van der Waals surface area (Å²) in [5.74, 6) is -0.672. The summed E-state index contributed by atoms with van der Waals surface area (Å²) in [7, 11) is 0. The lowest BCUT2D eigenvalue weighted by Gasteiger charge is -2.17. The smallest absolute Gasteiger partial charge is 0.308 e. The van der Waals surface area contributed by atoms with Crippen molar-refractivity contribution in [3.63, 3.8) is 0 Å². The fraction of sp³-hybridized carbons (Fsp3) is 0.462. The zero-order chi connectivity index (χ0) is 15.3. The van der Waals surface area contributed by atoms with Crippen LogP contribution in [-0.4, -0.2) is 33.8 Å². The van der Waals surface area contributed by atoms with E-state index in [4.69, 9.17) is 0 Å². The van der Waals surface area contributed by atoms with Crippen LogP contribution in [0, 0.1) is 17.0 Å². The molecule has 0 saturated carbocycles. The number of hydrogen-bond donors (Lipinski definition) is 2. The van der Waals surface area contributed by atoms with Crippen LogP contribution in [0.4, 0.5) is 5.69 Å². The minimum Gasteiger partial charge on any atom is -0.466 e. The third-order valence-corrected chi connectivity index (χ3v) is 2.74. The fourth-order valence-electron chi connectivity index (χ4n) is 1.79. The van der Waals surface area contributed by atoms with Crippen molar-refractivity contribution < 1.29 is 24.7 Å². The number of carbonyl (C=O) groups is 1. The lowest BCUT2D eigenvalue weighted by atomic mass is 9.98. The molecule has 1 rings (SSSR count). The van der Waals surface area contributed by atoms with Crippen LogP contribution >= 0.6 is 0 Å². The fourth-order valence-corrected chi connectivity index (χ4v) is 1.79. The van der Waals surface area contributed by atoms with Crippen LogP contribution in [0.1, 0.15) is 30.6 Å². The summed E-state index contributed by atoms with van der Waals surface area (Å²) >= 11 is 0. The quantitative estimate of drug-likeness (QED) is 0.462. The van der Waals surface area contributed by atoms with Crippen LogP contribution in [0.15, 0.2) is 18.2 Å². The molecule has 1 aromatic carbocycles. The number of nitro benzene ring substituents is 1. The van der Waals surface area contributed by atoms with Gasteiger partial charge >= 0.3 is 5.97 Å². The van der Waals surface area contributed by atoms with Gasteiger partial charge in [0.15, 0.2) is 0 Å². The first-order chi connectivity index (χ1) is 9.36. The standard InChI is InChI=1S/C13H17NO6/c1-3-20-12(16)7-11(15)13(17)9-6-8(2)4-5-10(9)14(18)19/h4-6,11,13,15,17H,3,7H2,1-2H3. The van der Waals surface area contributed by atoms with E-state index in [-0.39, 0.29) is 17.9 Å². The summed E-state index contributed by atoms with van der Waals surface area (Å²) in [6.07, 6.45) is -3.42. The summed E-state index contributed by atoms with van der Waals surface area (Å²) in [5.41, 5.74) is 0.380. The molecule has 0 bridgehead atoms. The summed E-state index contributed by atoms with van der Waals surface area (Å²) in [6.45, 7) is 3.48. The minimum absolute atomic E-state index is 0.0215. The molecule has 0 amide bonds. The molecule has 0 fully saturated rings. The van der Waals surface area contributed by atoms with Crippen LogP contribution in [0.25, 0.3) is 0 Å². The highest BCUT2D eigenvalue weighted by atomic mass is 16.6. The highest BCUT2D eigenvalue weighted by molar-refractivity contribution is 5.70. The summed E-state index contributed by atoms with van der Waals surface area (Å²) in [4.78, 5) is 21.5. The number of aryl methyl sites for hydroxylation is 1. The molecule has 7 nitrogen and oxygen atoms in total. The Bertz CT molecular complexity index is 502. The highest BCUT2D eigenvalue weighted by Gasteiger charge is 2.28. The Labute approximate surface area is 116 Å². The zero-order valence-corrected chi connectivity index (χ0v) is 11.3. The number of aliphatic hydroxyl groups is 2. The Morgan fingerprint density at radius 2 is 2.10 bits per heavy atom. The predicted molar refractivity (Wildman–Crippen MR) is 70.1 cm³/mol. The van der Waals surface area contributed by atoms with E-state index in [1.807, 2.05) is 0 Å². The molecule has 110 valence electrons. The average molecular weight is 283 g/mol. The van der Waals surface area contributed by atoms with Gasteiger partial charge in [-0.1, -0.05) is 11.6 Å². The van der Waals surface area contributed by atoms with Crippen molar-refractivity contribution in [1.29, 1.82) is 0 Å². The number of ether oxygens (including phenoxy) is 1. The van der Waals surface area contributed by atoms with Crippen molar-refractivity contribution in [2.75, 3.05) is 6.61 Å². The molecule has 0 radical (unpaired) electrons. The van der Waals surface area contributed by atoms with Gasteiger partial charge in [-0.25, -0.2) is 0 Å². The summed E-state index contributed by atoms with van der Waals surface area (Å²) < 4.78 is 4.66. The van der Waals surface area contributed by atoms with Gasteiger partial charge in [-0.15, -0.1) is 0 Å². The number of benzene rings is 1. The highest BCUT2D eigenvalue weighted by Crippen LogP contribution is 2.29. The Kier molecular flexibility index (Phi) is 5.60. The van der Waals surface area contributed by atoms with Crippen molar-refractivity contribution >= 4 is 11.7 Å². The van der Waals surface area contributed by atoms with Gasteiger partial charge in [-0.2, -0.15) is 0 Å². The largest absolute Gasteiger partial charge is 0.466 e. The zero-order valence-electron chi connectivity index (χ0n) is 11.3. The second-order valence-corrected chi connectivity index (χ2v) is 4.34. The van der Waals surface area contributed by atoms with Gasteiger partial charge in [0.1, 0.15) is 6.10 Å². The maximum atomic E-state index is 11.2. The van der Waals surface area contributed by atoms with Crippen molar-refractivity contribution in [3.8, 4) is 0 Å². The molecule has 0 aliphatic rings. The Balaban J connectivity index is 2.95. The third kappa shape index (κ3) is 4.01. The topological polar surface area (TPSA) is 110 Å². The van der Waals surface area contributed by atoms with Crippen LogP contribution in [0.3, 0.4) is 0 Å². The van der Waals surface area contributed by atoms with E-state index in [2.05, 4.69) is 4.74 Å². The number of aliphatic hydroxyl groups excluding tert-OH is 2. The molecule has 2 atom stereocenters. The molecule has 7 heteroatoms. The van der Waals surface area contributed by atoms with Crippen LogP contribution in [0.2, 0.25) is 0 Å². The first-order valence-electron chi connectivity index (χ1n) is 6.13. The van der Waals surface area contributed by atoms with Gasteiger partial charge in [0.25, 0.3) is 5.69 Å². The first-order valence-corrected chi connectivity index (χ1v) is 6.13. The maximum Gasteiger partial charge on any atom is 0.308 e. The van der Waals surface area contributed by atoms with E-state index < -0.39 is 29.5 Å². The van der Waals surface area contributed by atoms with E-state index in [0.717, 1.165) is 0 Å². The van der Waals surface area contributed by atoms with Crippen molar-refractivity contribution in [1.82, 2.24) is 0 Å². The Hall–Kier alpha value is -1.99. The second kappa shape index (κ2) is 6.97. The molecule has 0 saturated heterocycles. The summed E-state index contributed by atoms with van der Waals surface area (Å²) in [6, 6.07) is 4.20. The maximum absolute atomic E-state index is 11.2. The van der Waals surface area contributed by atoms with Crippen LogP contribution in [-0.2, 0) is 9.53 Å². The predicted octanol–water partition coefficient (Wildman–Crippen LogP) is 1.25. The SMILES string of the molecule is CCOC(=O)CC(O)C(O)c1cc(C)ccc1[N+](=O)[O-]. The van der Waals surface area contributed by atoms with E-state index in [0.29, 0.717) is 5.56 Å². The van der Waals surface area contributed by atoms with E-state index >= 15 is 0 Å². The minimum atomic E-state index is -1.53. The van der Waals surface area contributed by atoms with Crippen molar-refractivity contribution in [2.24, 2.45) is 0 Å². The molecule has 2 N–H and O–H groups in total. The van der Waals surface area contributed by atoms with E-state index in [9.17, 15) is 25.1 Å². The molecule has 0 heterocycles. The molecule has 1 aromatic rings. The molecule has 0 spiro atoms. The van der Waals surface area contributed by atoms with Gasteiger partial charge in [-0.05, 0) is 19.9 Å². The third-order valence-electron chi connectivity index (χ3n) is 2.74.